The lowest BCUT2D eigenvalue weighted by atomic mass is 10.1. The van der Waals surface area contributed by atoms with Crippen LogP contribution >= 0.6 is 0 Å². The normalized spacial score (nSPS) is 11.2. The molecule has 1 heterocycles. The van der Waals surface area contributed by atoms with Crippen molar-refractivity contribution in [2.45, 2.75) is 19.9 Å². The first-order valence-corrected chi connectivity index (χ1v) is 6.44. The van der Waals surface area contributed by atoms with Crippen LogP contribution in [0.4, 0.5) is 0 Å². The van der Waals surface area contributed by atoms with Crippen LogP contribution in [-0.4, -0.2) is 25.6 Å². The lowest BCUT2D eigenvalue weighted by Crippen LogP contribution is -2.13. The first-order valence-electron chi connectivity index (χ1n) is 6.44. The Morgan fingerprint density at radius 3 is 2.74 bits per heavy atom. The summed E-state index contributed by atoms with van der Waals surface area (Å²) < 4.78 is 10.8. The third kappa shape index (κ3) is 3.35. The summed E-state index contributed by atoms with van der Waals surface area (Å²) in [7, 11) is 3.94. The lowest BCUT2D eigenvalue weighted by molar-refractivity contribution is 0.317. The Balaban J connectivity index is 2.45. The fraction of sp³-hybridized carbons (Fsp3) is 0.400. The molecule has 19 heavy (non-hydrogen) atoms. The number of benzene rings is 1. The molecule has 0 unspecified atom stereocenters. The van der Waals surface area contributed by atoms with Gasteiger partial charge in [0.2, 0.25) is 0 Å². The van der Waals surface area contributed by atoms with Crippen LogP contribution in [0.2, 0.25) is 0 Å². The van der Waals surface area contributed by atoms with Gasteiger partial charge in [0.15, 0.2) is 0 Å². The smallest absolute Gasteiger partial charge is 0.336 e. The Kier molecular flexibility index (Phi) is 4.22. The predicted molar refractivity (Wildman–Crippen MR) is 75.7 cm³/mol. The first-order chi connectivity index (χ1) is 9.10. The van der Waals surface area contributed by atoms with Crippen LogP contribution in [-0.2, 0) is 6.54 Å². The minimum atomic E-state index is -0.322. The summed E-state index contributed by atoms with van der Waals surface area (Å²) in [5.74, 6) is 0.736. The molecule has 0 aliphatic rings. The third-order valence-electron chi connectivity index (χ3n) is 2.76. The molecule has 2 rings (SSSR count). The number of hydrogen-bond donors (Lipinski definition) is 0. The molecule has 0 aliphatic heterocycles. The second kappa shape index (κ2) is 5.89. The number of fused-ring (bicyclic) bond motifs is 1. The minimum Gasteiger partial charge on any atom is -0.493 e. The van der Waals surface area contributed by atoms with E-state index in [0.29, 0.717) is 18.7 Å². The molecule has 0 saturated carbocycles. The summed E-state index contributed by atoms with van der Waals surface area (Å²) >= 11 is 0. The SMILES string of the molecule is CCCOc1ccc2c(CN(C)C)cc(=O)oc2c1. The highest BCUT2D eigenvalue weighted by molar-refractivity contribution is 5.81. The van der Waals surface area contributed by atoms with Gasteiger partial charge >= 0.3 is 5.63 Å². The zero-order valence-electron chi connectivity index (χ0n) is 11.6. The lowest BCUT2D eigenvalue weighted by Gasteiger charge is -2.12. The molecule has 0 atom stereocenters. The number of nitrogens with zero attached hydrogens (tertiary/aromatic N) is 1. The van der Waals surface area contributed by atoms with E-state index in [0.717, 1.165) is 23.1 Å². The molecule has 102 valence electrons. The maximum Gasteiger partial charge on any atom is 0.336 e. The van der Waals surface area contributed by atoms with Crippen LogP contribution in [0.5, 0.6) is 5.75 Å². The summed E-state index contributed by atoms with van der Waals surface area (Å²) in [6.45, 7) is 3.42. The van der Waals surface area contributed by atoms with Gasteiger partial charge in [0, 0.05) is 24.1 Å². The molecule has 0 spiro atoms. The molecule has 0 N–H and O–H groups in total. The molecule has 4 nitrogen and oxygen atoms in total. The zero-order chi connectivity index (χ0) is 13.8. The van der Waals surface area contributed by atoms with E-state index in [2.05, 4.69) is 6.92 Å². The molecule has 4 heteroatoms. The van der Waals surface area contributed by atoms with E-state index in [4.69, 9.17) is 9.15 Å². The van der Waals surface area contributed by atoms with Gasteiger partial charge < -0.3 is 14.1 Å². The highest BCUT2D eigenvalue weighted by Crippen LogP contribution is 2.23. The summed E-state index contributed by atoms with van der Waals surface area (Å²) in [6, 6.07) is 7.19. The average Bonchev–Trinajstić information content (AvgIpc) is 2.35. The molecule has 1 aromatic carbocycles. The molecule has 0 aliphatic carbocycles. The van der Waals surface area contributed by atoms with Crippen molar-refractivity contribution in [3.8, 4) is 5.75 Å². The van der Waals surface area contributed by atoms with E-state index in [9.17, 15) is 4.79 Å². The van der Waals surface area contributed by atoms with E-state index in [-0.39, 0.29) is 5.63 Å². The molecular formula is C15H19NO3. The standard InChI is InChI=1S/C15H19NO3/c1-4-7-18-12-5-6-13-11(10-16(2)3)8-15(17)19-14(13)9-12/h5-6,8-9H,4,7,10H2,1-3H3. The van der Waals surface area contributed by atoms with Gasteiger partial charge in [-0.2, -0.15) is 0 Å². The van der Waals surface area contributed by atoms with Crippen molar-refractivity contribution in [3.63, 3.8) is 0 Å². The summed E-state index contributed by atoms with van der Waals surface area (Å²) in [4.78, 5) is 13.6. The number of hydrogen-bond acceptors (Lipinski definition) is 4. The first kappa shape index (κ1) is 13.6. The van der Waals surface area contributed by atoms with E-state index in [1.165, 1.54) is 0 Å². The van der Waals surface area contributed by atoms with Gasteiger partial charge in [0.1, 0.15) is 11.3 Å². The highest BCUT2D eigenvalue weighted by atomic mass is 16.5. The predicted octanol–water partition coefficient (Wildman–Crippen LogP) is 2.64. The van der Waals surface area contributed by atoms with Crippen molar-refractivity contribution in [1.29, 1.82) is 0 Å². The van der Waals surface area contributed by atoms with Crippen molar-refractivity contribution in [1.82, 2.24) is 4.90 Å². The van der Waals surface area contributed by atoms with Gasteiger partial charge in [-0.15, -0.1) is 0 Å². The second-order valence-corrected chi connectivity index (χ2v) is 4.83. The van der Waals surface area contributed by atoms with E-state index in [1.807, 2.05) is 31.1 Å². The van der Waals surface area contributed by atoms with E-state index in [1.54, 1.807) is 12.1 Å². The minimum absolute atomic E-state index is 0.322. The number of rotatable bonds is 5. The van der Waals surface area contributed by atoms with Crippen LogP contribution in [0, 0.1) is 0 Å². The largest absolute Gasteiger partial charge is 0.493 e. The molecule has 1 aromatic heterocycles. The van der Waals surface area contributed by atoms with Crippen molar-refractivity contribution in [2.75, 3.05) is 20.7 Å². The highest BCUT2D eigenvalue weighted by Gasteiger charge is 2.07. The van der Waals surface area contributed by atoms with Crippen LogP contribution in [0.1, 0.15) is 18.9 Å². The molecular weight excluding hydrogens is 242 g/mol. The number of ether oxygens (including phenoxy) is 1. The molecule has 0 radical (unpaired) electrons. The fourth-order valence-electron chi connectivity index (χ4n) is 1.99. The van der Waals surface area contributed by atoms with Crippen molar-refractivity contribution in [3.05, 3.63) is 40.2 Å². The monoisotopic (exact) mass is 261 g/mol. The van der Waals surface area contributed by atoms with Gasteiger partial charge in [0.05, 0.1) is 6.61 Å². The Morgan fingerprint density at radius 1 is 1.26 bits per heavy atom. The Morgan fingerprint density at radius 2 is 2.05 bits per heavy atom. The van der Waals surface area contributed by atoms with E-state index < -0.39 is 0 Å². The van der Waals surface area contributed by atoms with Gasteiger partial charge in [-0.25, -0.2) is 4.79 Å². The van der Waals surface area contributed by atoms with Gasteiger partial charge in [-0.3, -0.25) is 0 Å². The molecule has 0 bridgehead atoms. The van der Waals surface area contributed by atoms with Crippen molar-refractivity contribution in [2.24, 2.45) is 0 Å². The topological polar surface area (TPSA) is 42.7 Å². The fourth-order valence-corrected chi connectivity index (χ4v) is 1.99. The van der Waals surface area contributed by atoms with Crippen LogP contribution in [0.25, 0.3) is 11.0 Å². The van der Waals surface area contributed by atoms with E-state index >= 15 is 0 Å². The summed E-state index contributed by atoms with van der Waals surface area (Å²) in [5, 5.41) is 0.956. The molecule has 0 amide bonds. The quantitative estimate of drug-likeness (QED) is 0.776. The van der Waals surface area contributed by atoms with Crippen molar-refractivity contribution >= 4 is 11.0 Å². The molecule has 0 saturated heterocycles. The Bertz CT molecular complexity index is 616. The molecule has 2 aromatic rings. The second-order valence-electron chi connectivity index (χ2n) is 4.83. The van der Waals surface area contributed by atoms with Crippen LogP contribution in [0.15, 0.2) is 33.5 Å². The van der Waals surface area contributed by atoms with Crippen LogP contribution in [0.3, 0.4) is 0 Å². The van der Waals surface area contributed by atoms with Crippen molar-refractivity contribution < 1.29 is 9.15 Å². The third-order valence-corrected chi connectivity index (χ3v) is 2.76. The zero-order valence-corrected chi connectivity index (χ0v) is 11.6. The average molecular weight is 261 g/mol. The summed E-state index contributed by atoms with van der Waals surface area (Å²) in [5.41, 5.74) is 1.23. The maximum atomic E-state index is 11.6. The Labute approximate surface area is 112 Å². The van der Waals surface area contributed by atoms with Gasteiger partial charge in [-0.1, -0.05) is 6.92 Å². The maximum absolute atomic E-state index is 11.6. The van der Waals surface area contributed by atoms with Gasteiger partial charge in [0.25, 0.3) is 0 Å². The summed E-state index contributed by atoms with van der Waals surface area (Å²) in [6.07, 6.45) is 0.947. The van der Waals surface area contributed by atoms with Gasteiger partial charge in [-0.05, 0) is 38.2 Å². The molecule has 0 fully saturated rings. The van der Waals surface area contributed by atoms with Crippen LogP contribution < -0.4 is 10.4 Å². The Hall–Kier alpha value is -1.81.